The van der Waals surface area contributed by atoms with Crippen LogP contribution in [0.5, 0.6) is 0 Å². The van der Waals surface area contributed by atoms with Crippen molar-refractivity contribution in [3.63, 3.8) is 0 Å². The Balaban J connectivity index is 1.43. The number of hydrogen-bond donors (Lipinski definition) is 0. The molecule has 0 unspecified atom stereocenters. The number of hydrogen-bond acceptors (Lipinski definition) is 5. The third kappa shape index (κ3) is 4.59. The summed E-state index contributed by atoms with van der Waals surface area (Å²) in [6.45, 7) is 1.40. The van der Waals surface area contributed by atoms with Gasteiger partial charge in [0.05, 0.1) is 12.3 Å². The lowest BCUT2D eigenvalue weighted by atomic mass is 10.2. The minimum Gasteiger partial charge on any atom is -0.341 e. The average molecular weight is 399 g/mol. The maximum Gasteiger partial charge on any atom is 0.233 e. The summed E-state index contributed by atoms with van der Waals surface area (Å²) < 4.78 is 2.18. The van der Waals surface area contributed by atoms with E-state index in [1.165, 1.54) is 35.7 Å². The van der Waals surface area contributed by atoms with Gasteiger partial charge in [-0.2, -0.15) is 11.3 Å². The predicted molar refractivity (Wildman–Crippen MR) is 109 cm³/mol. The van der Waals surface area contributed by atoms with Crippen LogP contribution < -0.4 is 0 Å². The van der Waals surface area contributed by atoms with Gasteiger partial charge in [0.15, 0.2) is 5.16 Å². The van der Waals surface area contributed by atoms with E-state index in [-0.39, 0.29) is 5.91 Å². The predicted octanol–water partition coefficient (Wildman–Crippen LogP) is 4.02. The highest BCUT2D eigenvalue weighted by molar-refractivity contribution is 7.99. The summed E-state index contributed by atoms with van der Waals surface area (Å²) in [5.41, 5.74) is 2.39. The topological polar surface area (TPSA) is 51.0 Å². The SMILES string of the molecule is CN(Cc1ccsc1)C(=O)CSc1nnc(C2CC2)n1Cc1ccccc1. The van der Waals surface area contributed by atoms with Gasteiger partial charge in [-0.05, 0) is 40.8 Å². The van der Waals surface area contributed by atoms with Crippen molar-refractivity contribution in [2.24, 2.45) is 0 Å². The van der Waals surface area contributed by atoms with Crippen molar-refractivity contribution in [1.82, 2.24) is 19.7 Å². The first-order chi connectivity index (χ1) is 13.2. The fourth-order valence-corrected chi connectivity index (χ4v) is 4.49. The molecule has 1 aromatic carbocycles. The van der Waals surface area contributed by atoms with E-state index in [0.717, 1.165) is 17.5 Å². The van der Waals surface area contributed by atoms with E-state index in [1.54, 1.807) is 16.2 Å². The van der Waals surface area contributed by atoms with Gasteiger partial charge >= 0.3 is 0 Å². The number of thiophene rings is 1. The quantitative estimate of drug-likeness (QED) is 0.538. The molecule has 0 radical (unpaired) electrons. The first-order valence-corrected chi connectivity index (χ1v) is 11.0. The molecule has 0 saturated heterocycles. The van der Waals surface area contributed by atoms with E-state index in [1.807, 2.05) is 30.6 Å². The van der Waals surface area contributed by atoms with E-state index >= 15 is 0 Å². The summed E-state index contributed by atoms with van der Waals surface area (Å²) in [5, 5.41) is 13.8. The van der Waals surface area contributed by atoms with Crippen LogP contribution >= 0.6 is 23.1 Å². The Morgan fingerprint density at radius 2 is 2.04 bits per heavy atom. The van der Waals surface area contributed by atoms with Crippen molar-refractivity contribution < 1.29 is 4.79 Å². The van der Waals surface area contributed by atoms with Crippen molar-refractivity contribution in [1.29, 1.82) is 0 Å². The number of benzene rings is 1. The minimum atomic E-state index is 0.105. The number of aromatic nitrogens is 3. The minimum absolute atomic E-state index is 0.105. The third-order valence-corrected chi connectivity index (χ3v) is 6.31. The molecule has 0 aliphatic heterocycles. The van der Waals surface area contributed by atoms with E-state index in [9.17, 15) is 4.79 Å². The van der Waals surface area contributed by atoms with Crippen LogP contribution in [-0.2, 0) is 17.9 Å². The van der Waals surface area contributed by atoms with Crippen LogP contribution in [0.15, 0.2) is 52.3 Å². The summed E-state index contributed by atoms with van der Waals surface area (Å²) in [6.07, 6.45) is 2.36. The van der Waals surface area contributed by atoms with Gasteiger partial charge in [-0.15, -0.1) is 10.2 Å². The molecule has 2 aromatic heterocycles. The average Bonchev–Trinajstić information content (AvgIpc) is 3.25. The summed E-state index contributed by atoms with van der Waals surface area (Å²) in [4.78, 5) is 14.3. The second-order valence-corrected chi connectivity index (χ2v) is 8.58. The number of rotatable bonds is 8. The zero-order chi connectivity index (χ0) is 18.6. The first kappa shape index (κ1) is 18.3. The Kier molecular flexibility index (Phi) is 5.59. The van der Waals surface area contributed by atoms with Crippen molar-refractivity contribution in [2.75, 3.05) is 12.8 Å². The molecule has 0 spiro atoms. The molecule has 7 heteroatoms. The molecule has 1 fully saturated rings. The lowest BCUT2D eigenvalue weighted by molar-refractivity contribution is -0.127. The summed E-state index contributed by atoms with van der Waals surface area (Å²) in [6, 6.07) is 12.4. The second-order valence-electron chi connectivity index (χ2n) is 6.86. The highest BCUT2D eigenvalue weighted by Gasteiger charge is 2.30. The maximum absolute atomic E-state index is 12.5. The van der Waals surface area contributed by atoms with Crippen LogP contribution in [0.1, 0.15) is 35.7 Å². The molecular weight excluding hydrogens is 376 g/mol. The number of nitrogens with zero attached hydrogens (tertiary/aromatic N) is 4. The summed E-state index contributed by atoms with van der Waals surface area (Å²) >= 11 is 3.14. The molecule has 1 aliphatic rings. The van der Waals surface area contributed by atoms with Gasteiger partial charge in [0, 0.05) is 19.5 Å². The van der Waals surface area contributed by atoms with Gasteiger partial charge in [-0.3, -0.25) is 4.79 Å². The third-order valence-electron chi connectivity index (χ3n) is 4.62. The van der Waals surface area contributed by atoms with Gasteiger partial charge in [-0.1, -0.05) is 42.1 Å². The summed E-state index contributed by atoms with van der Waals surface area (Å²) in [7, 11) is 1.85. The zero-order valence-electron chi connectivity index (χ0n) is 15.2. The fraction of sp³-hybridized carbons (Fsp3) is 0.350. The Labute approximate surface area is 167 Å². The van der Waals surface area contributed by atoms with E-state index in [2.05, 4.69) is 38.3 Å². The Morgan fingerprint density at radius 3 is 2.74 bits per heavy atom. The van der Waals surface area contributed by atoms with Crippen molar-refractivity contribution in [3.05, 3.63) is 64.1 Å². The van der Waals surface area contributed by atoms with Gasteiger partial charge in [0.25, 0.3) is 0 Å². The van der Waals surface area contributed by atoms with Crippen LogP contribution in [0.25, 0.3) is 0 Å². The molecule has 3 aromatic rings. The Bertz CT molecular complexity index is 888. The molecule has 140 valence electrons. The van der Waals surface area contributed by atoms with Gasteiger partial charge in [0.1, 0.15) is 5.82 Å². The number of carbonyl (C=O) groups excluding carboxylic acids is 1. The number of carbonyl (C=O) groups is 1. The van der Waals surface area contributed by atoms with Gasteiger partial charge < -0.3 is 9.47 Å². The molecule has 2 heterocycles. The first-order valence-electron chi connectivity index (χ1n) is 9.05. The van der Waals surface area contributed by atoms with Crippen molar-refractivity contribution >= 4 is 29.0 Å². The molecule has 0 bridgehead atoms. The van der Waals surface area contributed by atoms with Gasteiger partial charge in [0.2, 0.25) is 5.91 Å². The molecule has 1 saturated carbocycles. The summed E-state index contributed by atoms with van der Waals surface area (Å²) in [5.74, 6) is 2.06. The van der Waals surface area contributed by atoms with E-state index in [0.29, 0.717) is 18.2 Å². The zero-order valence-corrected chi connectivity index (χ0v) is 16.9. The molecule has 1 aliphatic carbocycles. The van der Waals surface area contributed by atoms with Crippen molar-refractivity contribution in [3.8, 4) is 0 Å². The lowest BCUT2D eigenvalue weighted by Gasteiger charge is -2.16. The van der Waals surface area contributed by atoms with Crippen LogP contribution in [0.3, 0.4) is 0 Å². The lowest BCUT2D eigenvalue weighted by Crippen LogP contribution is -2.27. The highest BCUT2D eigenvalue weighted by atomic mass is 32.2. The van der Waals surface area contributed by atoms with Gasteiger partial charge in [-0.25, -0.2) is 0 Å². The molecule has 27 heavy (non-hydrogen) atoms. The van der Waals surface area contributed by atoms with E-state index in [4.69, 9.17) is 0 Å². The monoisotopic (exact) mass is 398 g/mol. The molecule has 0 N–H and O–H groups in total. The Hall–Kier alpha value is -2.12. The standard InChI is InChI=1S/C20H22N4OS2/c1-23(11-16-9-10-26-13-16)18(25)14-27-20-22-21-19(17-7-8-17)24(20)12-15-5-3-2-4-6-15/h2-6,9-10,13,17H,7-8,11-12,14H2,1H3. The normalized spacial score (nSPS) is 13.7. The smallest absolute Gasteiger partial charge is 0.233 e. The second kappa shape index (κ2) is 8.27. The molecular formula is C20H22N4OS2. The van der Waals surface area contributed by atoms with E-state index < -0.39 is 0 Å². The number of amides is 1. The molecule has 1 amide bonds. The van der Waals surface area contributed by atoms with Crippen LogP contribution in [0.2, 0.25) is 0 Å². The number of thioether (sulfide) groups is 1. The molecule has 5 nitrogen and oxygen atoms in total. The van der Waals surface area contributed by atoms with Crippen LogP contribution in [0.4, 0.5) is 0 Å². The fourth-order valence-electron chi connectivity index (χ4n) is 2.95. The van der Waals surface area contributed by atoms with Crippen LogP contribution in [0, 0.1) is 0 Å². The highest BCUT2D eigenvalue weighted by Crippen LogP contribution is 2.40. The molecule has 0 atom stereocenters. The Morgan fingerprint density at radius 1 is 1.22 bits per heavy atom. The molecule has 4 rings (SSSR count). The van der Waals surface area contributed by atoms with Crippen molar-refractivity contribution in [2.45, 2.75) is 37.0 Å². The largest absolute Gasteiger partial charge is 0.341 e. The maximum atomic E-state index is 12.5. The van der Waals surface area contributed by atoms with Crippen LogP contribution in [-0.4, -0.2) is 38.4 Å².